The molecule has 0 fully saturated rings. The topological polar surface area (TPSA) is 59.2 Å². The molecule has 25 heavy (non-hydrogen) atoms. The average Bonchev–Trinajstić information content (AvgIpc) is 3.35. The van der Waals surface area contributed by atoms with Gasteiger partial charge in [-0.15, -0.1) is 22.7 Å². The van der Waals surface area contributed by atoms with Crippen molar-refractivity contribution in [3.8, 4) is 0 Å². The highest BCUT2D eigenvalue weighted by atomic mass is 32.1. The van der Waals surface area contributed by atoms with Crippen LogP contribution in [0.25, 0.3) is 0 Å². The third-order valence-electron chi connectivity index (χ3n) is 3.74. The van der Waals surface area contributed by atoms with Gasteiger partial charge in [-0.05, 0) is 29.3 Å². The number of carbonyl (C=O) groups excluding carboxylic acids is 1. The van der Waals surface area contributed by atoms with Crippen molar-refractivity contribution >= 4 is 28.6 Å². The molecule has 132 valence electrons. The van der Waals surface area contributed by atoms with Crippen LogP contribution in [0.2, 0.25) is 0 Å². The maximum absolute atomic E-state index is 12.7. The van der Waals surface area contributed by atoms with Crippen molar-refractivity contribution in [2.45, 2.75) is 45.7 Å². The van der Waals surface area contributed by atoms with Gasteiger partial charge in [-0.1, -0.05) is 24.2 Å². The summed E-state index contributed by atoms with van der Waals surface area (Å²) in [5, 5.41) is 8.02. The van der Waals surface area contributed by atoms with Crippen molar-refractivity contribution in [2.75, 3.05) is 0 Å². The molecule has 3 aromatic heterocycles. The van der Waals surface area contributed by atoms with Gasteiger partial charge in [0.25, 0.3) is 0 Å². The summed E-state index contributed by atoms with van der Waals surface area (Å²) in [6.45, 7) is 3.35. The van der Waals surface area contributed by atoms with Gasteiger partial charge in [0.15, 0.2) is 5.82 Å². The summed E-state index contributed by atoms with van der Waals surface area (Å²) < 4.78 is 5.23. The van der Waals surface area contributed by atoms with E-state index in [0.29, 0.717) is 31.8 Å². The van der Waals surface area contributed by atoms with Crippen molar-refractivity contribution in [1.29, 1.82) is 0 Å². The summed E-state index contributed by atoms with van der Waals surface area (Å²) in [4.78, 5) is 21.4. The fraction of sp³-hybridized carbons (Fsp3) is 0.389. The number of amides is 1. The highest BCUT2D eigenvalue weighted by molar-refractivity contribution is 7.10. The van der Waals surface area contributed by atoms with Crippen molar-refractivity contribution in [3.05, 3.63) is 56.5 Å². The van der Waals surface area contributed by atoms with Gasteiger partial charge in [0.2, 0.25) is 11.8 Å². The van der Waals surface area contributed by atoms with Crippen molar-refractivity contribution in [1.82, 2.24) is 15.0 Å². The standard InChI is InChI=1S/C18H21N3O2S2/c1-2-5-16-19-17(23-20-16)8-9-18(22)21(12-14-6-3-10-24-14)13-15-7-4-11-25-15/h3-4,6-7,10-11H,2,5,8-9,12-13H2,1H3. The van der Waals surface area contributed by atoms with Gasteiger partial charge in [0.1, 0.15) is 0 Å². The van der Waals surface area contributed by atoms with Gasteiger partial charge < -0.3 is 9.42 Å². The predicted octanol–water partition coefficient (Wildman–Crippen LogP) is 4.31. The summed E-state index contributed by atoms with van der Waals surface area (Å²) in [6.07, 6.45) is 2.65. The third-order valence-corrected chi connectivity index (χ3v) is 5.47. The first-order valence-corrected chi connectivity index (χ1v) is 10.1. The lowest BCUT2D eigenvalue weighted by Crippen LogP contribution is -2.29. The molecular weight excluding hydrogens is 354 g/mol. The van der Waals surface area contributed by atoms with Crippen LogP contribution in [-0.4, -0.2) is 20.9 Å². The Kier molecular flexibility index (Phi) is 6.36. The van der Waals surface area contributed by atoms with E-state index in [1.807, 2.05) is 27.8 Å². The lowest BCUT2D eigenvalue weighted by atomic mass is 10.2. The van der Waals surface area contributed by atoms with Crippen LogP contribution in [0.3, 0.4) is 0 Å². The van der Waals surface area contributed by atoms with Gasteiger partial charge in [-0.3, -0.25) is 4.79 Å². The molecule has 0 saturated carbocycles. The van der Waals surface area contributed by atoms with Crippen LogP contribution >= 0.6 is 22.7 Å². The van der Waals surface area contributed by atoms with E-state index in [9.17, 15) is 4.79 Å². The van der Waals surface area contributed by atoms with Crippen LogP contribution in [0, 0.1) is 0 Å². The maximum Gasteiger partial charge on any atom is 0.227 e. The van der Waals surface area contributed by atoms with Gasteiger partial charge in [-0.25, -0.2) is 0 Å². The predicted molar refractivity (Wildman–Crippen MR) is 99.5 cm³/mol. The second-order valence-electron chi connectivity index (χ2n) is 5.76. The number of hydrogen-bond donors (Lipinski definition) is 0. The summed E-state index contributed by atoms with van der Waals surface area (Å²) in [6, 6.07) is 8.16. The number of hydrogen-bond acceptors (Lipinski definition) is 6. The maximum atomic E-state index is 12.7. The Balaban J connectivity index is 1.61. The molecule has 7 heteroatoms. The summed E-state index contributed by atoms with van der Waals surface area (Å²) in [7, 11) is 0. The Hall–Kier alpha value is -1.99. The van der Waals surface area contributed by atoms with E-state index in [2.05, 4.69) is 29.2 Å². The highest BCUT2D eigenvalue weighted by Crippen LogP contribution is 2.18. The molecule has 0 aliphatic heterocycles. The third kappa shape index (κ3) is 5.24. The Labute approximate surface area is 155 Å². The van der Waals surface area contributed by atoms with E-state index in [-0.39, 0.29) is 5.91 Å². The number of aryl methyl sites for hydroxylation is 2. The van der Waals surface area contributed by atoms with Crippen molar-refractivity contribution in [2.24, 2.45) is 0 Å². The van der Waals surface area contributed by atoms with E-state index in [1.165, 1.54) is 9.75 Å². The zero-order valence-electron chi connectivity index (χ0n) is 14.2. The SMILES string of the molecule is CCCc1noc(CCC(=O)N(Cc2cccs2)Cc2cccs2)n1. The Morgan fingerprint density at radius 1 is 1.12 bits per heavy atom. The Morgan fingerprint density at radius 2 is 1.80 bits per heavy atom. The number of nitrogens with zero attached hydrogens (tertiary/aromatic N) is 3. The smallest absolute Gasteiger partial charge is 0.227 e. The molecule has 5 nitrogen and oxygen atoms in total. The van der Waals surface area contributed by atoms with E-state index in [0.717, 1.165) is 18.7 Å². The zero-order valence-corrected chi connectivity index (χ0v) is 15.8. The summed E-state index contributed by atoms with van der Waals surface area (Å²) in [5.74, 6) is 1.38. The number of aromatic nitrogens is 2. The van der Waals surface area contributed by atoms with Crippen molar-refractivity contribution in [3.63, 3.8) is 0 Å². The minimum atomic E-state index is 0.108. The molecule has 0 aromatic carbocycles. The molecule has 0 atom stereocenters. The molecule has 0 spiro atoms. The molecule has 1 amide bonds. The minimum absolute atomic E-state index is 0.108. The second-order valence-corrected chi connectivity index (χ2v) is 7.83. The molecule has 0 unspecified atom stereocenters. The largest absolute Gasteiger partial charge is 0.339 e. The lowest BCUT2D eigenvalue weighted by molar-refractivity contribution is -0.132. The van der Waals surface area contributed by atoms with Gasteiger partial charge >= 0.3 is 0 Å². The van der Waals surface area contributed by atoms with E-state index >= 15 is 0 Å². The van der Waals surface area contributed by atoms with Gasteiger partial charge in [-0.2, -0.15) is 4.98 Å². The normalized spacial score (nSPS) is 10.9. The lowest BCUT2D eigenvalue weighted by Gasteiger charge is -2.21. The van der Waals surface area contributed by atoms with E-state index < -0.39 is 0 Å². The molecule has 0 saturated heterocycles. The van der Waals surface area contributed by atoms with Crippen LogP contribution in [-0.2, 0) is 30.7 Å². The molecule has 0 bridgehead atoms. The van der Waals surface area contributed by atoms with Gasteiger partial charge in [0.05, 0.1) is 13.1 Å². The van der Waals surface area contributed by atoms with Crippen LogP contribution in [0.4, 0.5) is 0 Å². The molecule has 0 radical (unpaired) electrons. The first-order chi connectivity index (χ1) is 12.2. The molecule has 3 aromatic rings. The average molecular weight is 376 g/mol. The molecular formula is C18H21N3O2S2. The van der Waals surface area contributed by atoms with Crippen LogP contribution in [0.1, 0.15) is 41.2 Å². The summed E-state index contributed by atoms with van der Waals surface area (Å²) >= 11 is 3.35. The Morgan fingerprint density at radius 3 is 2.36 bits per heavy atom. The molecule has 0 N–H and O–H groups in total. The fourth-order valence-corrected chi connectivity index (χ4v) is 3.94. The first-order valence-electron chi connectivity index (χ1n) is 8.38. The van der Waals surface area contributed by atoms with Crippen LogP contribution in [0.5, 0.6) is 0 Å². The van der Waals surface area contributed by atoms with E-state index in [4.69, 9.17) is 4.52 Å². The molecule has 0 aliphatic rings. The number of thiophene rings is 2. The quantitative estimate of drug-likeness (QED) is 0.559. The first kappa shape index (κ1) is 17.8. The van der Waals surface area contributed by atoms with Crippen LogP contribution in [0.15, 0.2) is 39.5 Å². The molecule has 0 aliphatic carbocycles. The van der Waals surface area contributed by atoms with Gasteiger partial charge in [0, 0.05) is 29.0 Å². The van der Waals surface area contributed by atoms with Crippen LogP contribution < -0.4 is 0 Å². The highest BCUT2D eigenvalue weighted by Gasteiger charge is 2.17. The minimum Gasteiger partial charge on any atom is -0.339 e. The molecule has 3 heterocycles. The van der Waals surface area contributed by atoms with E-state index in [1.54, 1.807) is 22.7 Å². The zero-order chi connectivity index (χ0) is 17.5. The Bertz CT molecular complexity index is 730. The molecule has 3 rings (SSSR count). The summed E-state index contributed by atoms with van der Waals surface area (Å²) in [5.41, 5.74) is 0. The second kappa shape index (κ2) is 8.92. The van der Waals surface area contributed by atoms with Crippen molar-refractivity contribution < 1.29 is 9.32 Å². The monoisotopic (exact) mass is 375 g/mol. The number of rotatable bonds is 9. The number of carbonyl (C=O) groups is 1. The fourth-order valence-electron chi connectivity index (χ4n) is 2.50.